The average molecular weight is 845 g/mol. The first-order valence-corrected chi connectivity index (χ1v) is 23.1. The Morgan fingerprint density at radius 1 is 0.738 bits per heavy atom. The number of carbonyl (C=O) groups excluding carboxylic acids is 3. The maximum absolute atomic E-state index is 16.5. The molecule has 0 radical (unpaired) electrons. The summed E-state index contributed by atoms with van der Waals surface area (Å²) in [5, 5.41) is 38.6. The van der Waals surface area contributed by atoms with Crippen LogP contribution in [0.5, 0.6) is 0 Å². The maximum Gasteiger partial charge on any atom is 0.213 e. The van der Waals surface area contributed by atoms with E-state index in [2.05, 4.69) is 40.9 Å². The molecule has 17 atom stereocenters. The summed E-state index contributed by atoms with van der Waals surface area (Å²) in [5.41, 5.74) is -7.33. The van der Waals surface area contributed by atoms with E-state index in [1.165, 1.54) is 0 Å². The topological polar surface area (TPSA) is 167 Å². The number of aliphatic hydroxyl groups is 3. The van der Waals surface area contributed by atoms with Gasteiger partial charge in [-0.15, -0.1) is 0 Å². The molecule has 14 rings (SSSR count). The first-order valence-electron chi connectivity index (χ1n) is 23.1. The number of hydrogen-bond acceptors (Lipinski definition) is 12. The molecule has 5 saturated heterocycles. The zero-order chi connectivity index (χ0) is 43.6. The van der Waals surface area contributed by atoms with Crippen molar-refractivity contribution in [3.63, 3.8) is 0 Å². The molecule has 7 saturated carbocycles. The van der Waals surface area contributed by atoms with Crippen molar-refractivity contribution >= 4 is 17.3 Å². The van der Waals surface area contributed by atoms with Crippen molar-refractivity contribution in [2.45, 2.75) is 167 Å². The lowest BCUT2D eigenvalue weighted by atomic mass is 9.33. The molecule has 3 N–H and O–H groups in total. The molecule has 8 aliphatic carbocycles. The van der Waals surface area contributed by atoms with Gasteiger partial charge in [0.15, 0.2) is 28.7 Å². The molecule has 0 amide bonds. The van der Waals surface area contributed by atoms with Gasteiger partial charge in [-0.1, -0.05) is 40.9 Å². The van der Waals surface area contributed by atoms with Crippen LogP contribution < -0.4 is 0 Å². The summed E-state index contributed by atoms with van der Waals surface area (Å²) in [5.74, 6) is -7.98. The molecule has 12 fully saturated rings. The SMILES string of the molecule is C=C1C(=O)[C@@]23[C@@H]4OC(C)(C)OC25OC[C@]2(C6=C(CC[C@]7(CC(C)(C)[C@H]8[C@H](O)[C@]9(OC(C)(C)C)OC[C@]8(C7=O)[C@@H]7CC[C@H]8C(=C)C(=O)[C@]79[C@@H]8O)O6)CC(C)(C)[C@H]2[C@@H]5O)[C@@H]3CC[C@@H]14. The fourth-order valence-electron chi connectivity index (χ4n) is 18.7. The highest BCUT2D eigenvalue weighted by atomic mass is 16.8. The smallest absolute Gasteiger partial charge is 0.213 e. The highest BCUT2D eigenvalue weighted by Crippen LogP contribution is 2.83. The van der Waals surface area contributed by atoms with Crippen LogP contribution in [-0.4, -0.2) is 98.9 Å². The third-order valence-corrected chi connectivity index (χ3v) is 19.6. The van der Waals surface area contributed by atoms with Crippen molar-refractivity contribution in [2.24, 2.45) is 68.0 Å². The molecule has 1 unspecified atom stereocenters. The molecular weight excluding hydrogens is 781 g/mol. The summed E-state index contributed by atoms with van der Waals surface area (Å²) in [6.45, 7) is 26.3. The number of ether oxygens (including phenoxy) is 6. The summed E-state index contributed by atoms with van der Waals surface area (Å²) < 4.78 is 42.1. The number of fused-ring (bicyclic) bond motifs is 3. The van der Waals surface area contributed by atoms with Gasteiger partial charge < -0.3 is 43.7 Å². The van der Waals surface area contributed by atoms with Crippen molar-refractivity contribution in [3.8, 4) is 0 Å². The molecule has 6 aliphatic heterocycles. The van der Waals surface area contributed by atoms with Gasteiger partial charge in [-0.2, -0.15) is 0 Å². The predicted octanol–water partition coefficient (Wildman–Crippen LogP) is 5.26. The fourth-order valence-corrected chi connectivity index (χ4v) is 18.7. The van der Waals surface area contributed by atoms with Crippen LogP contribution in [0.1, 0.15) is 114 Å². The van der Waals surface area contributed by atoms with Crippen molar-refractivity contribution in [3.05, 3.63) is 35.6 Å². The number of rotatable bonds is 1. The molecular formula is C49H64O12. The molecule has 12 nitrogen and oxygen atoms in total. The van der Waals surface area contributed by atoms with Gasteiger partial charge in [-0.25, -0.2) is 0 Å². The van der Waals surface area contributed by atoms with Crippen LogP contribution >= 0.6 is 0 Å². The maximum atomic E-state index is 16.5. The van der Waals surface area contributed by atoms with Crippen molar-refractivity contribution < 1.29 is 58.1 Å². The molecule has 8 bridgehead atoms. The highest BCUT2D eigenvalue weighted by Gasteiger charge is 2.93. The van der Waals surface area contributed by atoms with Crippen molar-refractivity contribution in [1.82, 2.24) is 0 Å². The Morgan fingerprint density at radius 2 is 1.34 bits per heavy atom. The average Bonchev–Trinajstić information content (AvgIpc) is 3.32. The third kappa shape index (κ3) is 3.81. The van der Waals surface area contributed by atoms with Crippen LogP contribution in [0.4, 0.5) is 0 Å². The van der Waals surface area contributed by atoms with Gasteiger partial charge in [0.25, 0.3) is 0 Å². The minimum atomic E-state index is -1.92. The number of hydrogen-bond donors (Lipinski definition) is 3. The molecule has 14 aliphatic rings. The summed E-state index contributed by atoms with van der Waals surface area (Å²) in [6.07, 6.45) is -0.573. The summed E-state index contributed by atoms with van der Waals surface area (Å²) in [7, 11) is 0. The first kappa shape index (κ1) is 40.2. The van der Waals surface area contributed by atoms with E-state index in [1.807, 2.05) is 34.6 Å². The second-order valence-corrected chi connectivity index (χ2v) is 24.6. The van der Waals surface area contributed by atoms with Gasteiger partial charge in [0.05, 0.1) is 41.9 Å². The van der Waals surface area contributed by atoms with Gasteiger partial charge in [-0.05, 0) is 125 Å². The van der Waals surface area contributed by atoms with Gasteiger partial charge in [0, 0.05) is 23.7 Å². The Labute approximate surface area is 358 Å². The molecule has 61 heavy (non-hydrogen) atoms. The standard InChI is InChI=1S/C49H64O12/c1-22-25-12-14-28-45-21-57-48(60-39(3,4)5,46(28,31(22)50)33(25)52)35(54)30(45)41(8,9)19-43(38(45)55)17-16-24-18-40(6,7)29-34(53)49-47-27(44(29,20-56-49)36(24)59-43)15-13-26(23(2)32(47)51)37(47)58-42(10,11)61-49/h25-30,33-35,37,52-54H,1-2,12-21H2,3-11H3/t25-,26-,27-,28-,29+,30+,33+,34-,35-,37+,43+,44-,45-,46-,47-,48+,49?/m0/s1. The minimum Gasteiger partial charge on any atom is -0.483 e. The number of allylic oxidation sites excluding steroid dienone is 1. The van der Waals surface area contributed by atoms with Crippen LogP contribution in [0, 0.1) is 68.0 Å². The Bertz CT molecular complexity index is 2210. The summed E-state index contributed by atoms with van der Waals surface area (Å²) >= 11 is 0. The third-order valence-electron chi connectivity index (χ3n) is 19.6. The molecule has 332 valence electrons. The van der Waals surface area contributed by atoms with E-state index in [9.17, 15) is 15.3 Å². The van der Waals surface area contributed by atoms with Crippen LogP contribution in [0.2, 0.25) is 0 Å². The zero-order valence-electron chi connectivity index (χ0n) is 37.3. The second-order valence-electron chi connectivity index (χ2n) is 24.6. The van der Waals surface area contributed by atoms with Crippen LogP contribution in [0.3, 0.4) is 0 Å². The van der Waals surface area contributed by atoms with Gasteiger partial charge in [0.1, 0.15) is 28.8 Å². The lowest BCUT2D eigenvalue weighted by Gasteiger charge is -2.78. The highest BCUT2D eigenvalue weighted by molar-refractivity contribution is 6.07. The number of Topliss-reactive ketones (excluding diaryl/α,β-unsaturated/α-hetero) is 3. The Hall–Kier alpha value is -2.29. The lowest BCUT2D eigenvalue weighted by Crippen LogP contribution is -2.88. The van der Waals surface area contributed by atoms with Crippen LogP contribution in [0.15, 0.2) is 35.6 Å². The Kier molecular flexibility index (Phi) is 7.17. The molecule has 0 aromatic heterocycles. The summed E-state index contributed by atoms with van der Waals surface area (Å²) in [6, 6.07) is 0. The number of aliphatic hydroxyl groups excluding tert-OH is 3. The van der Waals surface area contributed by atoms with E-state index in [0.717, 1.165) is 5.57 Å². The Morgan fingerprint density at radius 3 is 2.03 bits per heavy atom. The fraction of sp³-hybridized carbons (Fsp3) is 0.816. The number of ketones is 3. The molecule has 6 heterocycles. The van der Waals surface area contributed by atoms with Crippen molar-refractivity contribution in [1.29, 1.82) is 0 Å². The largest absolute Gasteiger partial charge is 0.483 e. The minimum absolute atomic E-state index is 0.103. The van der Waals surface area contributed by atoms with E-state index in [0.29, 0.717) is 61.9 Å². The van der Waals surface area contributed by atoms with E-state index >= 15 is 14.4 Å². The van der Waals surface area contributed by atoms with E-state index in [4.69, 9.17) is 28.4 Å². The van der Waals surface area contributed by atoms with E-state index in [-0.39, 0.29) is 37.1 Å². The van der Waals surface area contributed by atoms with E-state index in [1.54, 1.807) is 0 Å². The van der Waals surface area contributed by atoms with E-state index < -0.39 is 121 Å². The Balaban J connectivity index is 1.04. The first-order chi connectivity index (χ1) is 28.2. The summed E-state index contributed by atoms with van der Waals surface area (Å²) in [4.78, 5) is 46.7. The van der Waals surface area contributed by atoms with Gasteiger partial charge in [0.2, 0.25) is 11.6 Å². The van der Waals surface area contributed by atoms with Crippen LogP contribution in [-0.2, 0) is 42.8 Å². The monoisotopic (exact) mass is 844 g/mol. The molecule has 0 aromatic rings. The number of carbonyl (C=O) groups is 3. The normalized spacial score (nSPS) is 56.1. The predicted molar refractivity (Wildman–Crippen MR) is 216 cm³/mol. The van der Waals surface area contributed by atoms with Crippen LogP contribution in [0.25, 0.3) is 0 Å². The van der Waals surface area contributed by atoms with Gasteiger partial charge in [-0.3, -0.25) is 14.4 Å². The molecule has 12 heteroatoms. The van der Waals surface area contributed by atoms with Crippen molar-refractivity contribution in [2.75, 3.05) is 13.2 Å². The van der Waals surface area contributed by atoms with Gasteiger partial charge >= 0.3 is 0 Å². The lowest BCUT2D eigenvalue weighted by molar-refractivity contribution is -0.527. The second kappa shape index (κ2) is 10.9. The molecule has 6 spiro atoms. The quantitative estimate of drug-likeness (QED) is 0.294. The molecule has 0 aromatic carbocycles. The zero-order valence-corrected chi connectivity index (χ0v) is 37.3.